The monoisotopic (exact) mass is 394 g/mol. The summed E-state index contributed by atoms with van der Waals surface area (Å²) in [6.45, 7) is 0.374. The highest BCUT2D eigenvalue weighted by Crippen LogP contribution is 2.43. The first kappa shape index (κ1) is 19.0. The lowest BCUT2D eigenvalue weighted by Gasteiger charge is -2.31. The fraction of sp³-hybridized carbons (Fsp3) is 0.217. The highest BCUT2D eigenvalue weighted by atomic mass is 16.5. The Balaban J connectivity index is 1.61. The minimum absolute atomic E-state index is 0.0980. The number of ether oxygens (including phenoxy) is 3. The van der Waals surface area contributed by atoms with Gasteiger partial charge in [-0.2, -0.15) is 0 Å². The molecule has 2 unspecified atom stereocenters. The van der Waals surface area contributed by atoms with Gasteiger partial charge in [0.2, 0.25) is 0 Å². The van der Waals surface area contributed by atoms with E-state index in [0.717, 1.165) is 5.56 Å². The first-order valence-electron chi connectivity index (χ1n) is 9.29. The van der Waals surface area contributed by atoms with E-state index in [-0.39, 0.29) is 17.9 Å². The van der Waals surface area contributed by atoms with Crippen molar-refractivity contribution in [3.8, 4) is 28.7 Å². The molecule has 0 saturated carbocycles. The first-order valence-corrected chi connectivity index (χ1v) is 9.29. The lowest BCUT2D eigenvalue weighted by Crippen LogP contribution is -2.30. The van der Waals surface area contributed by atoms with Gasteiger partial charge in [-0.05, 0) is 23.3 Å². The molecule has 3 aromatic carbocycles. The van der Waals surface area contributed by atoms with Gasteiger partial charge in [0.25, 0.3) is 0 Å². The van der Waals surface area contributed by atoms with Crippen molar-refractivity contribution in [3.63, 3.8) is 0 Å². The summed E-state index contributed by atoms with van der Waals surface area (Å²) >= 11 is 0. The van der Waals surface area contributed by atoms with Crippen molar-refractivity contribution < 1.29 is 29.5 Å². The predicted molar refractivity (Wildman–Crippen MR) is 107 cm³/mol. The fourth-order valence-corrected chi connectivity index (χ4v) is 3.47. The van der Waals surface area contributed by atoms with Crippen molar-refractivity contribution in [1.29, 1.82) is 0 Å². The molecular weight excluding hydrogens is 372 g/mol. The zero-order valence-electron chi connectivity index (χ0n) is 15.9. The normalized spacial score (nSPS) is 17.9. The van der Waals surface area contributed by atoms with Crippen LogP contribution < -0.4 is 14.2 Å². The number of rotatable bonds is 5. The first-order chi connectivity index (χ1) is 14.0. The molecule has 0 aliphatic carbocycles. The van der Waals surface area contributed by atoms with Gasteiger partial charge >= 0.3 is 0 Å². The van der Waals surface area contributed by atoms with Crippen LogP contribution in [0.15, 0.2) is 60.7 Å². The topological polar surface area (TPSA) is 88.4 Å². The van der Waals surface area contributed by atoms with Crippen molar-refractivity contribution in [2.75, 3.05) is 7.11 Å². The minimum atomic E-state index is -0.867. The Labute approximate surface area is 168 Å². The number of phenolic OH excluding ortho intramolecular Hbond substituents is 2. The minimum Gasteiger partial charge on any atom is -0.508 e. The highest BCUT2D eigenvalue weighted by Gasteiger charge is 2.32. The van der Waals surface area contributed by atoms with Gasteiger partial charge in [-0.3, -0.25) is 0 Å². The number of hydrogen-bond acceptors (Lipinski definition) is 6. The summed E-state index contributed by atoms with van der Waals surface area (Å²) in [7, 11) is 1.57. The summed E-state index contributed by atoms with van der Waals surface area (Å²) in [6.07, 6.45) is -1.33. The average Bonchev–Trinajstić information content (AvgIpc) is 2.73. The van der Waals surface area contributed by atoms with Gasteiger partial charge in [0.15, 0.2) is 11.5 Å². The maximum atomic E-state index is 10.6. The number of aliphatic hydroxyl groups excluding tert-OH is 1. The molecule has 1 aliphatic rings. The van der Waals surface area contributed by atoms with Gasteiger partial charge in [-0.1, -0.05) is 36.4 Å². The molecule has 3 aromatic rings. The maximum absolute atomic E-state index is 10.6. The molecule has 0 spiro atoms. The number of phenols is 2. The van der Waals surface area contributed by atoms with Crippen molar-refractivity contribution in [2.45, 2.75) is 25.2 Å². The van der Waals surface area contributed by atoms with E-state index in [2.05, 4.69) is 0 Å². The smallest absolute Gasteiger partial charge is 0.162 e. The van der Waals surface area contributed by atoms with Crippen molar-refractivity contribution in [2.24, 2.45) is 0 Å². The largest absolute Gasteiger partial charge is 0.508 e. The van der Waals surface area contributed by atoms with Crippen LogP contribution in [-0.2, 0) is 13.0 Å². The molecule has 0 radical (unpaired) electrons. The maximum Gasteiger partial charge on any atom is 0.162 e. The molecule has 1 heterocycles. The van der Waals surface area contributed by atoms with Crippen LogP contribution in [0.25, 0.3) is 0 Å². The molecule has 29 heavy (non-hydrogen) atoms. The zero-order valence-corrected chi connectivity index (χ0v) is 15.9. The van der Waals surface area contributed by atoms with Crippen LogP contribution in [0.3, 0.4) is 0 Å². The number of benzene rings is 3. The quantitative estimate of drug-likeness (QED) is 0.611. The van der Waals surface area contributed by atoms with Gasteiger partial charge in [0, 0.05) is 24.1 Å². The summed E-state index contributed by atoms with van der Waals surface area (Å²) < 4.78 is 17.3. The molecule has 0 fully saturated rings. The number of aromatic hydroxyl groups is 2. The second kappa shape index (κ2) is 7.93. The Morgan fingerprint density at radius 1 is 1.00 bits per heavy atom. The second-order valence-corrected chi connectivity index (χ2v) is 6.94. The van der Waals surface area contributed by atoms with E-state index in [1.807, 2.05) is 30.3 Å². The van der Waals surface area contributed by atoms with E-state index in [9.17, 15) is 15.3 Å². The molecule has 0 bridgehead atoms. The van der Waals surface area contributed by atoms with Crippen LogP contribution >= 0.6 is 0 Å². The molecule has 150 valence electrons. The Kier molecular flexibility index (Phi) is 5.18. The Bertz CT molecular complexity index is 1000. The molecule has 6 heteroatoms. The molecule has 0 saturated heterocycles. The van der Waals surface area contributed by atoms with Crippen molar-refractivity contribution in [1.82, 2.24) is 0 Å². The lowest BCUT2D eigenvalue weighted by atomic mass is 9.94. The van der Waals surface area contributed by atoms with Gasteiger partial charge in [-0.15, -0.1) is 0 Å². The van der Waals surface area contributed by atoms with Crippen molar-refractivity contribution >= 4 is 0 Å². The van der Waals surface area contributed by atoms with Gasteiger partial charge < -0.3 is 29.5 Å². The summed E-state index contributed by atoms with van der Waals surface area (Å²) in [4.78, 5) is 0. The summed E-state index contributed by atoms with van der Waals surface area (Å²) in [6, 6.07) is 17.8. The van der Waals surface area contributed by atoms with E-state index < -0.39 is 12.2 Å². The van der Waals surface area contributed by atoms with Crippen LogP contribution in [0.5, 0.6) is 28.7 Å². The predicted octanol–water partition coefficient (Wildman–Crippen LogP) is 3.72. The van der Waals surface area contributed by atoms with E-state index in [1.165, 1.54) is 12.1 Å². The van der Waals surface area contributed by atoms with Crippen LogP contribution in [0.4, 0.5) is 0 Å². The fourth-order valence-electron chi connectivity index (χ4n) is 3.47. The van der Waals surface area contributed by atoms with E-state index in [1.54, 1.807) is 25.3 Å². The van der Waals surface area contributed by atoms with Crippen LogP contribution in [-0.4, -0.2) is 28.5 Å². The summed E-state index contributed by atoms with van der Waals surface area (Å²) in [5.74, 6) is 1.26. The third-order valence-electron chi connectivity index (χ3n) is 4.94. The van der Waals surface area contributed by atoms with E-state index in [0.29, 0.717) is 35.0 Å². The van der Waals surface area contributed by atoms with Gasteiger partial charge in [0.05, 0.1) is 13.2 Å². The van der Waals surface area contributed by atoms with Gasteiger partial charge in [-0.25, -0.2) is 0 Å². The van der Waals surface area contributed by atoms with Crippen molar-refractivity contribution in [3.05, 3.63) is 77.4 Å². The average molecular weight is 394 g/mol. The number of hydrogen-bond donors (Lipinski definition) is 3. The summed E-state index contributed by atoms with van der Waals surface area (Å²) in [5.41, 5.74) is 2.20. The Morgan fingerprint density at radius 3 is 2.55 bits per heavy atom. The molecule has 0 amide bonds. The third kappa shape index (κ3) is 3.93. The Hall–Kier alpha value is -3.38. The third-order valence-corrected chi connectivity index (χ3v) is 4.94. The number of aliphatic hydroxyl groups is 1. The van der Waals surface area contributed by atoms with E-state index >= 15 is 0 Å². The molecule has 6 nitrogen and oxygen atoms in total. The second-order valence-electron chi connectivity index (χ2n) is 6.94. The van der Waals surface area contributed by atoms with Gasteiger partial charge in [0.1, 0.15) is 30.0 Å². The molecule has 4 rings (SSSR count). The standard InChI is InChI=1S/C23H22O6/c1-27-20-8-7-15(9-22(20)28-13-14-5-3-2-4-6-14)23-19(26)12-17-18(25)10-16(24)11-21(17)29-23/h2-11,19,23-26H,12-13H2,1H3. The molecule has 1 aliphatic heterocycles. The highest BCUT2D eigenvalue weighted by molar-refractivity contribution is 5.52. The molecular formula is C23H22O6. The molecule has 0 aromatic heterocycles. The summed E-state index contributed by atoms with van der Waals surface area (Å²) in [5, 5.41) is 30.4. The van der Waals surface area contributed by atoms with Crippen LogP contribution in [0.1, 0.15) is 22.8 Å². The Morgan fingerprint density at radius 2 is 1.79 bits per heavy atom. The lowest BCUT2D eigenvalue weighted by molar-refractivity contribution is 0.0196. The number of methoxy groups -OCH3 is 1. The zero-order chi connectivity index (χ0) is 20.4. The molecule has 3 N–H and O–H groups in total. The molecule has 2 atom stereocenters. The number of fused-ring (bicyclic) bond motifs is 1. The van der Waals surface area contributed by atoms with Crippen LogP contribution in [0.2, 0.25) is 0 Å². The van der Waals surface area contributed by atoms with E-state index in [4.69, 9.17) is 14.2 Å². The van der Waals surface area contributed by atoms with Crippen LogP contribution in [0, 0.1) is 0 Å². The SMILES string of the molecule is COc1ccc(C2Oc3cc(O)cc(O)c3CC2O)cc1OCc1ccccc1.